The summed E-state index contributed by atoms with van der Waals surface area (Å²) in [5.41, 5.74) is 0. The fourth-order valence-electron chi connectivity index (χ4n) is 2.43. The lowest BCUT2D eigenvalue weighted by Crippen LogP contribution is -2.60. The summed E-state index contributed by atoms with van der Waals surface area (Å²) in [6, 6.07) is 2.64. The van der Waals surface area contributed by atoms with Gasteiger partial charge in [0.05, 0.1) is 12.5 Å². The lowest BCUT2D eigenvalue weighted by Gasteiger charge is -2.42. The van der Waals surface area contributed by atoms with Gasteiger partial charge < -0.3 is 4.90 Å². The molecule has 2 fully saturated rings. The van der Waals surface area contributed by atoms with E-state index in [0.717, 1.165) is 19.4 Å². The Labute approximate surface area is 90.5 Å². The number of hydrogen-bond acceptors (Lipinski definition) is 3. The van der Waals surface area contributed by atoms with Gasteiger partial charge in [0.25, 0.3) is 0 Å². The third kappa shape index (κ3) is 1.84. The second-order valence-corrected chi connectivity index (χ2v) is 4.64. The third-order valence-corrected chi connectivity index (χ3v) is 3.32. The van der Waals surface area contributed by atoms with Crippen LogP contribution >= 0.6 is 0 Å². The van der Waals surface area contributed by atoms with Gasteiger partial charge in [0.1, 0.15) is 6.04 Å². The maximum atomic E-state index is 12.2. The molecule has 15 heavy (non-hydrogen) atoms. The van der Waals surface area contributed by atoms with Crippen molar-refractivity contribution < 1.29 is 4.79 Å². The van der Waals surface area contributed by atoms with Crippen LogP contribution in [0.2, 0.25) is 0 Å². The number of nitriles is 1. The van der Waals surface area contributed by atoms with Crippen LogP contribution in [0, 0.1) is 11.3 Å². The van der Waals surface area contributed by atoms with E-state index in [4.69, 9.17) is 5.26 Å². The molecule has 0 radical (unpaired) electrons. The topological polar surface area (TPSA) is 47.3 Å². The maximum Gasteiger partial charge on any atom is 0.241 e. The molecule has 1 heterocycles. The van der Waals surface area contributed by atoms with Crippen LogP contribution < -0.4 is 0 Å². The Kier molecular flexibility index (Phi) is 2.66. The van der Waals surface area contributed by atoms with E-state index in [0.29, 0.717) is 18.5 Å². The number of likely N-dealkylation sites (N-methyl/N-ethyl adjacent to an activating group) is 1. The van der Waals surface area contributed by atoms with Gasteiger partial charge >= 0.3 is 0 Å². The van der Waals surface area contributed by atoms with E-state index in [9.17, 15) is 4.79 Å². The summed E-state index contributed by atoms with van der Waals surface area (Å²) in [5, 5.41) is 8.71. The van der Waals surface area contributed by atoms with Gasteiger partial charge in [0, 0.05) is 18.6 Å². The molecule has 1 saturated heterocycles. The van der Waals surface area contributed by atoms with Gasteiger partial charge in [-0.05, 0) is 26.8 Å². The molecule has 0 bridgehead atoms. The van der Waals surface area contributed by atoms with Gasteiger partial charge in [0.2, 0.25) is 5.91 Å². The van der Waals surface area contributed by atoms with Crippen molar-refractivity contribution in [2.45, 2.75) is 44.3 Å². The number of hydrogen-bond donors (Lipinski definition) is 0. The summed E-state index contributed by atoms with van der Waals surface area (Å²) in [4.78, 5) is 16.2. The fraction of sp³-hybridized carbons (Fsp3) is 0.818. The van der Waals surface area contributed by atoms with Crippen LogP contribution in [0.5, 0.6) is 0 Å². The average molecular weight is 207 g/mol. The molecule has 0 N–H and O–H groups in total. The zero-order chi connectivity index (χ0) is 11.0. The van der Waals surface area contributed by atoms with E-state index < -0.39 is 0 Å². The molecule has 2 aliphatic rings. The quantitative estimate of drug-likeness (QED) is 0.666. The number of nitrogens with zero attached hydrogens (tertiary/aromatic N) is 3. The first-order valence-electron chi connectivity index (χ1n) is 5.54. The number of amides is 1. The van der Waals surface area contributed by atoms with Crippen LogP contribution in [0.4, 0.5) is 0 Å². The van der Waals surface area contributed by atoms with Gasteiger partial charge in [-0.2, -0.15) is 5.26 Å². The molecular formula is C11H17N3O. The smallest absolute Gasteiger partial charge is 0.241 e. The Balaban J connectivity index is 2.13. The second-order valence-electron chi connectivity index (χ2n) is 4.64. The Morgan fingerprint density at radius 2 is 2.20 bits per heavy atom. The fourth-order valence-corrected chi connectivity index (χ4v) is 2.43. The first-order valence-corrected chi connectivity index (χ1v) is 5.54. The van der Waals surface area contributed by atoms with E-state index >= 15 is 0 Å². The van der Waals surface area contributed by atoms with Crippen LogP contribution in [-0.2, 0) is 4.79 Å². The van der Waals surface area contributed by atoms with Crippen molar-refractivity contribution in [1.29, 1.82) is 5.26 Å². The Bertz CT molecular complexity index is 305. The van der Waals surface area contributed by atoms with Gasteiger partial charge in [-0.3, -0.25) is 9.69 Å². The maximum absolute atomic E-state index is 12.2. The van der Waals surface area contributed by atoms with Crippen molar-refractivity contribution in [3.8, 4) is 6.07 Å². The highest BCUT2D eigenvalue weighted by molar-refractivity contribution is 5.83. The number of carbonyl (C=O) groups is 1. The highest BCUT2D eigenvalue weighted by Gasteiger charge is 2.43. The van der Waals surface area contributed by atoms with Gasteiger partial charge in [-0.1, -0.05) is 0 Å². The molecule has 0 aromatic carbocycles. The zero-order valence-electron chi connectivity index (χ0n) is 9.31. The minimum absolute atomic E-state index is 0.153. The predicted octanol–water partition coefficient (Wildman–Crippen LogP) is 0.594. The van der Waals surface area contributed by atoms with Crippen LogP contribution in [0.1, 0.15) is 26.2 Å². The molecule has 0 aromatic heterocycles. The summed E-state index contributed by atoms with van der Waals surface area (Å²) in [7, 11) is 1.93. The monoisotopic (exact) mass is 207 g/mol. The third-order valence-electron chi connectivity index (χ3n) is 3.32. The lowest BCUT2D eigenvalue weighted by atomic mass is 10.0. The molecule has 0 spiro atoms. The van der Waals surface area contributed by atoms with Gasteiger partial charge in [-0.25, -0.2) is 0 Å². The normalized spacial score (nSPS) is 32.9. The Hall–Kier alpha value is -1.08. The predicted molar refractivity (Wildman–Crippen MR) is 56.0 cm³/mol. The molecule has 1 amide bonds. The largest absolute Gasteiger partial charge is 0.334 e. The van der Waals surface area contributed by atoms with Crippen LogP contribution in [0.25, 0.3) is 0 Å². The van der Waals surface area contributed by atoms with Crippen molar-refractivity contribution in [1.82, 2.24) is 9.80 Å². The number of rotatable bonds is 2. The van der Waals surface area contributed by atoms with Crippen molar-refractivity contribution in [3.63, 3.8) is 0 Å². The van der Waals surface area contributed by atoms with Crippen LogP contribution in [0.3, 0.4) is 0 Å². The van der Waals surface area contributed by atoms with Crippen molar-refractivity contribution in [2.75, 3.05) is 13.6 Å². The summed E-state index contributed by atoms with van der Waals surface area (Å²) in [6.45, 7) is 2.98. The second kappa shape index (κ2) is 3.82. The van der Waals surface area contributed by atoms with E-state index in [2.05, 4.69) is 13.0 Å². The summed E-state index contributed by atoms with van der Waals surface area (Å²) >= 11 is 0. The van der Waals surface area contributed by atoms with E-state index in [1.54, 1.807) is 0 Å². The molecule has 2 rings (SSSR count). The van der Waals surface area contributed by atoms with Gasteiger partial charge in [0.15, 0.2) is 0 Å². The minimum Gasteiger partial charge on any atom is -0.334 e. The minimum atomic E-state index is -0.216. The molecule has 4 heteroatoms. The summed E-state index contributed by atoms with van der Waals surface area (Å²) < 4.78 is 0. The van der Waals surface area contributed by atoms with Crippen molar-refractivity contribution in [3.05, 3.63) is 0 Å². The molecule has 82 valence electrons. The molecule has 1 aliphatic carbocycles. The van der Waals surface area contributed by atoms with E-state index in [1.807, 2.05) is 16.8 Å². The molecule has 2 atom stereocenters. The molecule has 1 saturated carbocycles. The first-order chi connectivity index (χ1) is 7.15. The molecule has 2 unspecified atom stereocenters. The number of piperazine rings is 1. The standard InChI is InChI=1S/C11H17N3O/c1-8-7-13(2)10(5-6-12)11(15)14(8)9-3-4-9/h8-10H,3-5,7H2,1-2H3. The van der Waals surface area contributed by atoms with Crippen molar-refractivity contribution in [2.24, 2.45) is 0 Å². The first kappa shape index (κ1) is 10.4. The van der Waals surface area contributed by atoms with E-state index in [1.165, 1.54) is 0 Å². The highest BCUT2D eigenvalue weighted by Crippen LogP contribution is 2.32. The van der Waals surface area contributed by atoms with E-state index in [-0.39, 0.29) is 11.9 Å². The molecule has 1 aliphatic heterocycles. The molecule has 4 nitrogen and oxygen atoms in total. The van der Waals surface area contributed by atoms with Crippen molar-refractivity contribution >= 4 is 5.91 Å². The molecular weight excluding hydrogens is 190 g/mol. The zero-order valence-corrected chi connectivity index (χ0v) is 9.31. The number of carbonyl (C=O) groups excluding carboxylic acids is 1. The Morgan fingerprint density at radius 3 is 2.73 bits per heavy atom. The van der Waals surface area contributed by atoms with Gasteiger partial charge in [-0.15, -0.1) is 0 Å². The lowest BCUT2D eigenvalue weighted by molar-refractivity contribution is -0.145. The highest BCUT2D eigenvalue weighted by atomic mass is 16.2. The average Bonchev–Trinajstić information content (AvgIpc) is 2.96. The summed E-state index contributed by atoms with van der Waals surface area (Å²) in [6.07, 6.45) is 2.59. The van der Waals surface area contributed by atoms with Crippen LogP contribution in [-0.4, -0.2) is 47.4 Å². The Morgan fingerprint density at radius 1 is 1.53 bits per heavy atom. The SMILES string of the molecule is CC1CN(C)C(CC#N)C(=O)N1C1CC1. The molecule has 0 aromatic rings. The van der Waals surface area contributed by atoms with Crippen LogP contribution in [0.15, 0.2) is 0 Å². The summed E-state index contributed by atoms with van der Waals surface area (Å²) in [5.74, 6) is 0.153.